The molecule has 0 spiro atoms. The Morgan fingerprint density at radius 3 is 2.88 bits per heavy atom. The number of carbonyl (C=O) groups is 2. The molecule has 1 aromatic carbocycles. The maximum atomic E-state index is 12.7. The minimum absolute atomic E-state index is 0.0662. The van der Waals surface area contributed by atoms with Crippen molar-refractivity contribution in [2.24, 2.45) is 0 Å². The Morgan fingerprint density at radius 1 is 1.50 bits per heavy atom. The number of amides is 1. The zero-order chi connectivity index (χ0) is 19.3. The lowest BCUT2D eigenvalue weighted by molar-refractivity contribution is -0.147. The van der Waals surface area contributed by atoms with Crippen molar-refractivity contribution in [2.45, 2.75) is 26.1 Å². The van der Waals surface area contributed by atoms with Crippen molar-refractivity contribution >= 4 is 23.5 Å². The molecule has 0 bridgehead atoms. The van der Waals surface area contributed by atoms with Crippen LogP contribution < -0.4 is 4.74 Å². The monoisotopic (exact) mass is 384 g/mol. The van der Waals surface area contributed by atoms with Gasteiger partial charge in [-0.25, -0.2) is 0 Å². The van der Waals surface area contributed by atoms with E-state index in [2.05, 4.69) is 0 Å². The lowest BCUT2D eigenvalue weighted by Gasteiger charge is -2.35. The van der Waals surface area contributed by atoms with Gasteiger partial charge < -0.3 is 19.5 Å². The minimum Gasteiger partial charge on any atom is -0.481 e. The third-order valence-corrected chi connectivity index (χ3v) is 4.59. The van der Waals surface area contributed by atoms with Gasteiger partial charge in [0.1, 0.15) is 5.75 Å². The van der Waals surface area contributed by atoms with Crippen molar-refractivity contribution < 1.29 is 24.2 Å². The summed E-state index contributed by atoms with van der Waals surface area (Å²) in [7, 11) is 1.72. The maximum Gasteiger partial charge on any atom is 0.317 e. The van der Waals surface area contributed by atoms with E-state index in [0.29, 0.717) is 37.0 Å². The van der Waals surface area contributed by atoms with Crippen molar-refractivity contribution in [1.82, 2.24) is 9.80 Å². The number of carbonyl (C=O) groups excluding carboxylic acids is 1. The summed E-state index contributed by atoms with van der Waals surface area (Å²) in [6, 6.07) is 5.28. The predicted octanol–water partition coefficient (Wildman–Crippen LogP) is 1.66. The lowest BCUT2D eigenvalue weighted by Crippen LogP contribution is -2.52. The fourth-order valence-electron chi connectivity index (χ4n) is 2.88. The van der Waals surface area contributed by atoms with Crippen molar-refractivity contribution in [1.29, 1.82) is 0 Å². The molecule has 0 aromatic heterocycles. The number of benzene rings is 1. The molecule has 1 aromatic rings. The van der Waals surface area contributed by atoms with Crippen LogP contribution in [0.5, 0.6) is 5.75 Å². The Kier molecular flexibility index (Phi) is 7.25. The van der Waals surface area contributed by atoms with Crippen molar-refractivity contribution in [3.8, 4) is 5.75 Å². The summed E-state index contributed by atoms with van der Waals surface area (Å²) in [6.07, 6.45) is -0.854. The maximum absolute atomic E-state index is 12.7. The second-order valence-corrected chi connectivity index (χ2v) is 6.95. The highest BCUT2D eigenvalue weighted by atomic mass is 35.5. The molecule has 1 N–H and O–H groups in total. The molecule has 7 nitrogen and oxygen atoms in total. The van der Waals surface area contributed by atoms with Crippen LogP contribution in [0.1, 0.15) is 12.5 Å². The van der Waals surface area contributed by atoms with Gasteiger partial charge in [0, 0.05) is 24.7 Å². The van der Waals surface area contributed by atoms with E-state index in [0.717, 1.165) is 5.56 Å². The van der Waals surface area contributed by atoms with Crippen molar-refractivity contribution in [3.05, 3.63) is 28.8 Å². The number of hydrogen-bond acceptors (Lipinski definition) is 5. The van der Waals surface area contributed by atoms with Crippen LogP contribution in [0.15, 0.2) is 18.2 Å². The first-order valence-electron chi connectivity index (χ1n) is 8.49. The van der Waals surface area contributed by atoms with E-state index in [-0.39, 0.29) is 18.6 Å². The van der Waals surface area contributed by atoms with Gasteiger partial charge in [-0.2, -0.15) is 0 Å². The fourth-order valence-corrected chi connectivity index (χ4v) is 2.99. The van der Waals surface area contributed by atoms with E-state index in [1.165, 1.54) is 0 Å². The first kappa shape index (κ1) is 20.5. The molecule has 1 heterocycles. The molecule has 1 aliphatic rings. The molecule has 144 valence electrons. The SMILES string of the molecule is Cc1cc(OC(C)C(=O)N2CCOC(CN(C)CC(=O)O)C2)ccc1Cl. The van der Waals surface area contributed by atoms with Gasteiger partial charge in [0.25, 0.3) is 5.91 Å². The molecule has 1 saturated heterocycles. The normalized spacial score (nSPS) is 18.7. The third kappa shape index (κ3) is 5.86. The number of likely N-dealkylation sites (N-methyl/N-ethyl adjacent to an activating group) is 1. The Labute approximate surface area is 158 Å². The Hall–Kier alpha value is -1.83. The van der Waals surface area contributed by atoms with Gasteiger partial charge in [0.2, 0.25) is 0 Å². The molecule has 2 unspecified atom stereocenters. The van der Waals surface area contributed by atoms with E-state index >= 15 is 0 Å². The van der Waals surface area contributed by atoms with E-state index in [9.17, 15) is 9.59 Å². The summed E-state index contributed by atoms with van der Waals surface area (Å²) in [6.45, 7) is 5.30. The largest absolute Gasteiger partial charge is 0.481 e. The van der Waals surface area contributed by atoms with Gasteiger partial charge in [-0.3, -0.25) is 14.5 Å². The molecule has 0 radical (unpaired) electrons. The highest BCUT2D eigenvalue weighted by Crippen LogP contribution is 2.22. The van der Waals surface area contributed by atoms with E-state index in [4.69, 9.17) is 26.2 Å². The molecular weight excluding hydrogens is 360 g/mol. The summed E-state index contributed by atoms with van der Waals surface area (Å²) in [5, 5.41) is 9.48. The van der Waals surface area contributed by atoms with Gasteiger partial charge in [-0.05, 0) is 44.7 Å². The summed E-state index contributed by atoms with van der Waals surface area (Å²) < 4.78 is 11.4. The molecule has 0 saturated carbocycles. The molecule has 1 aliphatic heterocycles. The quantitative estimate of drug-likeness (QED) is 0.770. The van der Waals surface area contributed by atoms with Crippen LogP contribution in [0, 0.1) is 6.92 Å². The Bertz CT molecular complexity index is 654. The van der Waals surface area contributed by atoms with Crippen LogP contribution in [0.2, 0.25) is 5.02 Å². The van der Waals surface area contributed by atoms with Gasteiger partial charge in [0.05, 0.1) is 19.3 Å². The third-order valence-electron chi connectivity index (χ3n) is 4.16. The molecule has 8 heteroatoms. The number of rotatable bonds is 7. The summed E-state index contributed by atoms with van der Waals surface area (Å²) in [5.74, 6) is -0.415. The molecule has 26 heavy (non-hydrogen) atoms. The highest BCUT2D eigenvalue weighted by Gasteiger charge is 2.29. The van der Waals surface area contributed by atoms with E-state index < -0.39 is 12.1 Å². The lowest BCUT2D eigenvalue weighted by atomic mass is 10.2. The van der Waals surface area contributed by atoms with Gasteiger partial charge in [-0.15, -0.1) is 0 Å². The average molecular weight is 385 g/mol. The number of nitrogens with zero attached hydrogens (tertiary/aromatic N) is 2. The first-order valence-corrected chi connectivity index (χ1v) is 8.87. The molecule has 2 rings (SSSR count). The zero-order valence-electron chi connectivity index (χ0n) is 15.3. The fraction of sp³-hybridized carbons (Fsp3) is 0.556. The van der Waals surface area contributed by atoms with Gasteiger partial charge in [0.15, 0.2) is 6.10 Å². The van der Waals surface area contributed by atoms with Crippen molar-refractivity contribution in [2.75, 3.05) is 39.8 Å². The van der Waals surface area contributed by atoms with E-state index in [1.807, 2.05) is 6.92 Å². The number of halogens is 1. The minimum atomic E-state index is -0.892. The number of ether oxygens (including phenoxy) is 2. The van der Waals surface area contributed by atoms with Crippen LogP contribution in [-0.4, -0.2) is 78.8 Å². The Morgan fingerprint density at radius 2 is 2.23 bits per heavy atom. The molecule has 1 amide bonds. The predicted molar refractivity (Wildman–Crippen MR) is 97.7 cm³/mol. The van der Waals surface area contributed by atoms with Crippen molar-refractivity contribution in [3.63, 3.8) is 0 Å². The standard InChI is InChI=1S/C18H25ClN2O5/c1-12-8-14(4-5-16(12)19)26-13(2)18(24)21-6-7-25-15(10-21)9-20(3)11-17(22)23/h4-5,8,13,15H,6-7,9-11H2,1-3H3,(H,22,23). The number of aliphatic carboxylic acids is 1. The van der Waals surface area contributed by atoms with Crippen LogP contribution in [0.4, 0.5) is 0 Å². The summed E-state index contributed by atoms with van der Waals surface area (Å²) in [4.78, 5) is 26.8. The Balaban J connectivity index is 1.90. The average Bonchev–Trinajstić information content (AvgIpc) is 2.57. The summed E-state index contributed by atoms with van der Waals surface area (Å²) >= 11 is 6.01. The van der Waals surface area contributed by atoms with E-state index in [1.54, 1.807) is 42.0 Å². The molecule has 1 fully saturated rings. The van der Waals surface area contributed by atoms with Gasteiger partial charge in [-0.1, -0.05) is 11.6 Å². The number of morpholine rings is 1. The molecule has 2 atom stereocenters. The number of aryl methyl sites for hydroxylation is 1. The van der Waals surface area contributed by atoms with Crippen LogP contribution in [0.25, 0.3) is 0 Å². The second kappa shape index (κ2) is 9.21. The number of carboxylic acids is 1. The second-order valence-electron chi connectivity index (χ2n) is 6.54. The van der Waals surface area contributed by atoms with Crippen LogP contribution in [-0.2, 0) is 14.3 Å². The molecule has 0 aliphatic carbocycles. The highest BCUT2D eigenvalue weighted by molar-refractivity contribution is 6.31. The topological polar surface area (TPSA) is 79.3 Å². The number of hydrogen-bond donors (Lipinski definition) is 1. The van der Waals surface area contributed by atoms with Crippen LogP contribution in [0.3, 0.4) is 0 Å². The van der Waals surface area contributed by atoms with Gasteiger partial charge >= 0.3 is 5.97 Å². The number of carboxylic acid groups (broad SMARTS) is 1. The molecular formula is C18H25ClN2O5. The smallest absolute Gasteiger partial charge is 0.317 e. The summed E-state index contributed by atoms with van der Waals surface area (Å²) in [5.41, 5.74) is 0.886. The van der Waals surface area contributed by atoms with Crippen LogP contribution >= 0.6 is 11.6 Å². The zero-order valence-corrected chi connectivity index (χ0v) is 16.0. The first-order chi connectivity index (χ1) is 12.3.